The molecule has 0 saturated heterocycles. The third kappa shape index (κ3) is 3.39. The molecule has 4 rings (SSSR count). The van der Waals surface area contributed by atoms with Gasteiger partial charge in [-0.2, -0.15) is 0 Å². The van der Waals surface area contributed by atoms with Gasteiger partial charge in [-0.05, 0) is 42.7 Å². The maximum atomic E-state index is 12.5. The number of carbonyl (C=O) groups is 1. The van der Waals surface area contributed by atoms with Gasteiger partial charge in [-0.3, -0.25) is 4.79 Å². The summed E-state index contributed by atoms with van der Waals surface area (Å²) in [5.74, 6) is 1.55. The second-order valence-electron chi connectivity index (χ2n) is 6.49. The average Bonchev–Trinajstić information content (AvgIpc) is 3.40. The Labute approximate surface area is 150 Å². The number of carbonyl (C=O) groups excluding carboxylic acids is 1. The standard InChI is InChI=1S/C19H20N4OS/c1-12(25-19-22-21-17(23(19)2)14-7-8-14)18(24)20-16-10-9-13-5-3-4-6-15(13)11-16/h3-6,9-12,14H,7-8H2,1-2H3,(H,20,24)/t12-/m1/s1. The average molecular weight is 352 g/mol. The number of fused-ring (bicyclic) bond motifs is 1. The Morgan fingerprint density at radius 2 is 1.96 bits per heavy atom. The lowest BCUT2D eigenvalue weighted by Crippen LogP contribution is -2.22. The molecule has 0 spiro atoms. The molecule has 1 aliphatic rings. The maximum absolute atomic E-state index is 12.5. The number of thioether (sulfide) groups is 1. The first-order chi connectivity index (χ1) is 12.1. The summed E-state index contributed by atoms with van der Waals surface area (Å²) >= 11 is 1.44. The Balaban J connectivity index is 1.44. The number of nitrogens with zero attached hydrogens (tertiary/aromatic N) is 3. The quantitative estimate of drug-likeness (QED) is 0.706. The predicted molar refractivity (Wildman–Crippen MR) is 101 cm³/mol. The van der Waals surface area contributed by atoms with E-state index in [2.05, 4.69) is 21.6 Å². The normalized spacial score (nSPS) is 15.3. The molecule has 0 bridgehead atoms. The first-order valence-electron chi connectivity index (χ1n) is 8.47. The monoisotopic (exact) mass is 352 g/mol. The number of rotatable bonds is 5. The number of benzene rings is 2. The lowest BCUT2D eigenvalue weighted by atomic mass is 10.1. The van der Waals surface area contributed by atoms with Crippen LogP contribution in [0, 0.1) is 0 Å². The van der Waals surface area contributed by atoms with Crippen LogP contribution in [0.5, 0.6) is 0 Å². The van der Waals surface area contributed by atoms with E-state index in [1.165, 1.54) is 24.6 Å². The fourth-order valence-corrected chi connectivity index (χ4v) is 3.67. The van der Waals surface area contributed by atoms with Crippen molar-refractivity contribution in [2.24, 2.45) is 7.05 Å². The molecule has 0 aliphatic heterocycles. The van der Waals surface area contributed by atoms with E-state index in [4.69, 9.17) is 0 Å². The highest BCUT2D eigenvalue weighted by Crippen LogP contribution is 2.39. The highest BCUT2D eigenvalue weighted by molar-refractivity contribution is 8.00. The van der Waals surface area contributed by atoms with Gasteiger partial charge in [-0.1, -0.05) is 42.1 Å². The molecular formula is C19H20N4OS. The molecule has 1 aromatic heterocycles. The van der Waals surface area contributed by atoms with E-state index in [9.17, 15) is 4.79 Å². The molecule has 0 unspecified atom stereocenters. The van der Waals surface area contributed by atoms with Crippen LogP contribution in [0.2, 0.25) is 0 Å². The van der Waals surface area contributed by atoms with Gasteiger partial charge in [-0.15, -0.1) is 10.2 Å². The van der Waals surface area contributed by atoms with Gasteiger partial charge >= 0.3 is 0 Å². The van der Waals surface area contributed by atoms with Crippen LogP contribution >= 0.6 is 11.8 Å². The van der Waals surface area contributed by atoms with Crippen molar-refractivity contribution in [1.82, 2.24) is 14.8 Å². The number of amides is 1. The van der Waals surface area contributed by atoms with Crippen LogP contribution in [-0.2, 0) is 11.8 Å². The molecule has 5 nitrogen and oxygen atoms in total. The molecule has 1 amide bonds. The van der Waals surface area contributed by atoms with E-state index in [-0.39, 0.29) is 11.2 Å². The molecule has 1 fully saturated rings. The summed E-state index contributed by atoms with van der Waals surface area (Å²) in [6.07, 6.45) is 2.38. The highest BCUT2D eigenvalue weighted by Gasteiger charge is 2.30. The number of anilines is 1. The van der Waals surface area contributed by atoms with E-state index in [0.717, 1.165) is 27.4 Å². The van der Waals surface area contributed by atoms with Crippen LogP contribution in [0.4, 0.5) is 5.69 Å². The van der Waals surface area contributed by atoms with Crippen molar-refractivity contribution in [2.45, 2.75) is 36.1 Å². The van der Waals surface area contributed by atoms with Gasteiger partial charge < -0.3 is 9.88 Å². The van der Waals surface area contributed by atoms with Crippen molar-refractivity contribution in [1.29, 1.82) is 0 Å². The molecule has 6 heteroatoms. The minimum Gasteiger partial charge on any atom is -0.325 e. The number of hydrogen-bond donors (Lipinski definition) is 1. The van der Waals surface area contributed by atoms with Crippen LogP contribution in [0.15, 0.2) is 47.6 Å². The zero-order valence-electron chi connectivity index (χ0n) is 14.3. The molecule has 1 aliphatic carbocycles. The van der Waals surface area contributed by atoms with Crippen molar-refractivity contribution in [3.05, 3.63) is 48.3 Å². The summed E-state index contributed by atoms with van der Waals surface area (Å²) in [4.78, 5) is 12.5. The minimum absolute atomic E-state index is 0.0312. The molecule has 2 aromatic carbocycles. The van der Waals surface area contributed by atoms with Gasteiger partial charge in [0.1, 0.15) is 5.82 Å². The first kappa shape index (κ1) is 16.1. The fraction of sp³-hybridized carbons (Fsp3) is 0.316. The molecule has 1 saturated carbocycles. The van der Waals surface area contributed by atoms with E-state index in [0.29, 0.717) is 5.92 Å². The van der Waals surface area contributed by atoms with Crippen LogP contribution < -0.4 is 5.32 Å². The van der Waals surface area contributed by atoms with E-state index in [1.807, 2.05) is 54.9 Å². The zero-order chi connectivity index (χ0) is 17.4. The molecule has 25 heavy (non-hydrogen) atoms. The Bertz CT molecular complexity index is 932. The maximum Gasteiger partial charge on any atom is 0.237 e. The van der Waals surface area contributed by atoms with E-state index < -0.39 is 0 Å². The molecule has 0 radical (unpaired) electrons. The van der Waals surface area contributed by atoms with Crippen molar-refractivity contribution >= 4 is 34.1 Å². The molecule has 128 valence electrons. The van der Waals surface area contributed by atoms with E-state index >= 15 is 0 Å². The van der Waals surface area contributed by atoms with Gasteiger partial charge in [0.05, 0.1) is 5.25 Å². The Kier molecular flexibility index (Phi) is 4.21. The summed E-state index contributed by atoms with van der Waals surface area (Å²) in [6.45, 7) is 1.90. The zero-order valence-corrected chi connectivity index (χ0v) is 15.1. The number of aromatic nitrogens is 3. The van der Waals surface area contributed by atoms with Crippen LogP contribution in [0.1, 0.15) is 31.5 Å². The van der Waals surface area contributed by atoms with E-state index in [1.54, 1.807) is 0 Å². The molecule has 1 heterocycles. The van der Waals surface area contributed by atoms with Crippen LogP contribution in [0.25, 0.3) is 10.8 Å². The van der Waals surface area contributed by atoms with Gasteiger partial charge in [0.15, 0.2) is 5.16 Å². The third-order valence-electron chi connectivity index (χ3n) is 4.48. The van der Waals surface area contributed by atoms with Crippen molar-refractivity contribution in [2.75, 3.05) is 5.32 Å². The Morgan fingerprint density at radius 3 is 2.72 bits per heavy atom. The second kappa shape index (κ2) is 6.52. The second-order valence-corrected chi connectivity index (χ2v) is 7.79. The largest absolute Gasteiger partial charge is 0.325 e. The third-order valence-corrected chi connectivity index (χ3v) is 5.61. The summed E-state index contributed by atoms with van der Waals surface area (Å²) < 4.78 is 2.02. The van der Waals surface area contributed by atoms with Crippen molar-refractivity contribution in [3.63, 3.8) is 0 Å². The summed E-state index contributed by atoms with van der Waals surface area (Å²) in [7, 11) is 1.98. The van der Waals surface area contributed by atoms with Gasteiger partial charge in [-0.25, -0.2) is 0 Å². The van der Waals surface area contributed by atoms with Gasteiger partial charge in [0, 0.05) is 18.7 Å². The van der Waals surface area contributed by atoms with Gasteiger partial charge in [0.2, 0.25) is 5.91 Å². The number of nitrogens with one attached hydrogen (secondary N) is 1. The molecule has 3 aromatic rings. The molecular weight excluding hydrogens is 332 g/mol. The van der Waals surface area contributed by atoms with Crippen molar-refractivity contribution < 1.29 is 4.79 Å². The van der Waals surface area contributed by atoms with Crippen LogP contribution in [0.3, 0.4) is 0 Å². The summed E-state index contributed by atoms with van der Waals surface area (Å²) in [6, 6.07) is 14.1. The predicted octanol–water partition coefficient (Wildman–Crippen LogP) is 3.97. The summed E-state index contributed by atoms with van der Waals surface area (Å²) in [5, 5.41) is 14.3. The lowest BCUT2D eigenvalue weighted by molar-refractivity contribution is -0.115. The van der Waals surface area contributed by atoms with Crippen LogP contribution in [-0.4, -0.2) is 25.9 Å². The molecule has 1 N–H and O–H groups in total. The lowest BCUT2D eigenvalue weighted by Gasteiger charge is -2.12. The summed E-state index contributed by atoms with van der Waals surface area (Å²) in [5.41, 5.74) is 0.813. The number of hydrogen-bond acceptors (Lipinski definition) is 4. The Morgan fingerprint density at radius 1 is 1.20 bits per heavy atom. The topological polar surface area (TPSA) is 59.8 Å². The smallest absolute Gasteiger partial charge is 0.237 e. The SMILES string of the molecule is C[C@@H](Sc1nnc(C2CC2)n1C)C(=O)Nc1ccc2ccccc2c1. The van der Waals surface area contributed by atoms with Crippen molar-refractivity contribution in [3.8, 4) is 0 Å². The fourth-order valence-electron chi connectivity index (χ4n) is 2.85. The highest BCUT2D eigenvalue weighted by atomic mass is 32.2. The molecule has 1 atom stereocenters. The van der Waals surface area contributed by atoms with Gasteiger partial charge in [0.25, 0.3) is 0 Å². The minimum atomic E-state index is -0.249. The first-order valence-corrected chi connectivity index (χ1v) is 9.35. The Hall–Kier alpha value is -2.34.